The summed E-state index contributed by atoms with van der Waals surface area (Å²) in [5.41, 5.74) is 1.94. The Morgan fingerprint density at radius 1 is 1.03 bits per heavy atom. The number of nitrogens with one attached hydrogen (secondary N) is 1. The molecule has 1 fully saturated rings. The number of hydrogen-bond acceptors (Lipinski definition) is 5. The number of fused-ring (bicyclic) bond motifs is 1. The van der Waals surface area contributed by atoms with Gasteiger partial charge < -0.3 is 15.0 Å². The standard InChI is InChI=1S/C25H26N2O4S/c1-15-16(2)32-23(21(15)25(30)31-3)26-22(28)18-11-13-27(14-12-18)24(29)20-10-6-8-17-7-4-5-9-19(17)20/h4-10,18H,11-14H2,1-3H3,(H,26,28). The second kappa shape index (κ2) is 9.12. The number of methoxy groups -OCH3 is 1. The van der Waals surface area contributed by atoms with Gasteiger partial charge in [0.05, 0.1) is 12.7 Å². The van der Waals surface area contributed by atoms with E-state index in [1.54, 1.807) is 0 Å². The van der Waals surface area contributed by atoms with Crippen LogP contribution in [0.25, 0.3) is 10.8 Å². The molecular weight excluding hydrogens is 424 g/mol. The number of rotatable bonds is 4. The van der Waals surface area contributed by atoms with Gasteiger partial charge >= 0.3 is 5.97 Å². The van der Waals surface area contributed by atoms with Crippen LogP contribution in [0.15, 0.2) is 42.5 Å². The van der Waals surface area contributed by atoms with Gasteiger partial charge in [-0.05, 0) is 49.1 Å². The SMILES string of the molecule is COC(=O)c1c(NC(=O)C2CCN(C(=O)c3cccc4ccccc34)CC2)sc(C)c1C. The molecule has 0 aliphatic carbocycles. The van der Waals surface area contributed by atoms with Gasteiger partial charge in [0.25, 0.3) is 5.91 Å². The summed E-state index contributed by atoms with van der Waals surface area (Å²) in [4.78, 5) is 41.0. The van der Waals surface area contributed by atoms with Gasteiger partial charge in [-0.25, -0.2) is 4.79 Å². The lowest BCUT2D eigenvalue weighted by Gasteiger charge is -2.31. The largest absolute Gasteiger partial charge is 0.465 e. The third-order valence-electron chi connectivity index (χ3n) is 6.18. The molecule has 1 saturated heterocycles. The Hall–Kier alpha value is -3.19. The Morgan fingerprint density at radius 2 is 1.72 bits per heavy atom. The molecule has 2 heterocycles. The molecule has 0 radical (unpaired) electrons. The fraction of sp³-hybridized carbons (Fsp3) is 0.320. The molecule has 1 aromatic heterocycles. The predicted molar refractivity (Wildman–Crippen MR) is 126 cm³/mol. The molecule has 6 nitrogen and oxygen atoms in total. The molecule has 2 amide bonds. The first kappa shape index (κ1) is 22.0. The van der Waals surface area contributed by atoms with Gasteiger partial charge in [0.2, 0.25) is 5.91 Å². The van der Waals surface area contributed by atoms with Crippen LogP contribution in [0.4, 0.5) is 5.00 Å². The Kier molecular flexibility index (Phi) is 6.28. The van der Waals surface area contributed by atoms with Gasteiger partial charge in [-0.15, -0.1) is 11.3 Å². The number of piperidine rings is 1. The molecule has 1 aliphatic heterocycles. The van der Waals surface area contributed by atoms with Crippen molar-refractivity contribution in [2.24, 2.45) is 5.92 Å². The molecular formula is C25H26N2O4S. The smallest absolute Gasteiger partial charge is 0.341 e. The number of carbonyl (C=O) groups is 3. The fourth-order valence-corrected chi connectivity index (χ4v) is 5.26. The van der Waals surface area contributed by atoms with Gasteiger partial charge in [0, 0.05) is 29.4 Å². The number of hydrogen-bond donors (Lipinski definition) is 1. The first-order chi connectivity index (χ1) is 15.4. The van der Waals surface area contributed by atoms with Crippen LogP contribution >= 0.6 is 11.3 Å². The Bertz CT molecular complexity index is 1190. The first-order valence-electron chi connectivity index (χ1n) is 10.7. The average Bonchev–Trinajstić information content (AvgIpc) is 3.10. The van der Waals surface area contributed by atoms with Crippen molar-refractivity contribution in [3.8, 4) is 0 Å². The summed E-state index contributed by atoms with van der Waals surface area (Å²) < 4.78 is 4.88. The van der Waals surface area contributed by atoms with Crippen molar-refractivity contribution in [3.63, 3.8) is 0 Å². The van der Waals surface area contributed by atoms with E-state index >= 15 is 0 Å². The van der Waals surface area contributed by atoms with Crippen molar-refractivity contribution in [2.75, 3.05) is 25.5 Å². The average molecular weight is 451 g/mol. The number of likely N-dealkylation sites (tertiary alicyclic amines) is 1. The maximum Gasteiger partial charge on any atom is 0.341 e. The molecule has 1 aliphatic rings. The summed E-state index contributed by atoms with van der Waals surface area (Å²) in [6.45, 7) is 4.81. The predicted octanol–water partition coefficient (Wildman–Crippen LogP) is 4.80. The number of anilines is 1. The van der Waals surface area contributed by atoms with Crippen molar-refractivity contribution in [1.29, 1.82) is 0 Å². The molecule has 7 heteroatoms. The third kappa shape index (κ3) is 4.12. The van der Waals surface area contributed by atoms with Crippen molar-refractivity contribution in [1.82, 2.24) is 4.90 Å². The second-order valence-corrected chi connectivity index (χ2v) is 9.29. The molecule has 4 rings (SSSR count). The van der Waals surface area contributed by atoms with E-state index in [0.717, 1.165) is 21.2 Å². The van der Waals surface area contributed by atoms with Crippen LogP contribution in [-0.2, 0) is 9.53 Å². The molecule has 2 aromatic carbocycles. The van der Waals surface area contributed by atoms with E-state index in [9.17, 15) is 14.4 Å². The molecule has 166 valence electrons. The van der Waals surface area contributed by atoms with Crippen LogP contribution in [0.3, 0.4) is 0 Å². The highest BCUT2D eigenvalue weighted by Gasteiger charge is 2.30. The monoisotopic (exact) mass is 450 g/mol. The van der Waals surface area contributed by atoms with Crippen molar-refractivity contribution in [2.45, 2.75) is 26.7 Å². The number of carbonyl (C=O) groups excluding carboxylic acids is 3. The highest BCUT2D eigenvalue weighted by Crippen LogP contribution is 2.34. The summed E-state index contributed by atoms with van der Waals surface area (Å²) in [7, 11) is 1.34. The summed E-state index contributed by atoms with van der Waals surface area (Å²) in [5.74, 6) is -0.774. The number of nitrogens with zero attached hydrogens (tertiary/aromatic N) is 1. The van der Waals surface area contributed by atoms with Gasteiger partial charge in [-0.3, -0.25) is 9.59 Å². The van der Waals surface area contributed by atoms with Crippen molar-refractivity contribution < 1.29 is 19.1 Å². The summed E-state index contributed by atoms with van der Waals surface area (Å²) in [5, 5.41) is 5.45. The molecule has 32 heavy (non-hydrogen) atoms. The number of benzene rings is 2. The zero-order valence-corrected chi connectivity index (χ0v) is 19.3. The van der Waals surface area contributed by atoms with Crippen molar-refractivity contribution >= 4 is 44.9 Å². The minimum atomic E-state index is -0.447. The number of amides is 2. The number of thiophene rings is 1. The molecule has 1 N–H and O–H groups in total. The zero-order chi connectivity index (χ0) is 22.8. The minimum absolute atomic E-state index is 0.00172. The maximum absolute atomic E-state index is 13.1. The van der Waals surface area contributed by atoms with E-state index in [1.165, 1.54) is 18.4 Å². The van der Waals surface area contributed by atoms with Crippen LogP contribution in [-0.4, -0.2) is 42.9 Å². The highest BCUT2D eigenvalue weighted by molar-refractivity contribution is 7.16. The molecule has 3 aromatic rings. The Morgan fingerprint density at radius 3 is 2.44 bits per heavy atom. The van der Waals surface area contributed by atoms with E-state index in [-0.39, 0.29) is 17.7 Å². The summed E-state index contributed by atoms with van der Waals surface area (Å²) >= 11 is 1.38. The molecule has 0 saturated carbocycles. The van der Waals surface area contributed by atoms with E-state index < -0.39 is 5.97 Å². The van der Waals surface area contributed by atoms with Gasteiger partial charge in [-0.1, -0.05) is 36.4 Å². The Labute approximate surface area is 191 Å². The normalized spacial score (nSPS) is 14.4. The third-order valence-corrected chi connectivity index (χ3v) is 7.31. The molecule has 0 atom stereocenters. The lowest BCUT2D eigenvalue weighted by Crippen LogP contribution is -2.41. The Balaban J connectivity index is 1.43. The quantitative estimate of drug-likeness (QED) is 0.580. The molecule has 0 bridgehead atoms. The summed E-state index contributed by atoms with van der Waals surface area (Å²) in [6.07, 6.45) is 1.17. The molecule has 0 spiro atoms. The van der Waals surface area contributed by atoms with Gasteiger partial charge in [0.1, 0.15) is 5.00 Å². The van der Waals surface area contributed by atoms with E-state index in [0.29, 0.717) is 42.1 Å². The van der Waals surface area contributed by atoms with Crippen LogP contribution in [0.2, 0.25) is 0 Å². The first-order valence-corrected chi connectivity index (χ1v) is 11.5. The lowest BCUT2D eigenvalue weighted by molar-refractivity contribution is -0.121. The zero-order valence-electron chi connectivity index (χ0n) is 18.4. The van der Waals surface area contributed by atoms with E-state index in [2.05, 4.69) is 5.32 Å². The van der Waals surface area contributed by atoms with Crippen LogP contribution in [0.1, 0.15) is 44.0 Å². The van der Waals surface area contributed by atoms with Crippen LogP contribution in [0, 0.1) is 19.8 Å². The second-order valence-electron chi connectivity index (χ2n) is 8.06. The number of ether oxygens (including phenoxy) is 1. The van der Waals surface area contributed by atoms with Crippen molar-refractivity contribution in [3.05, 3.63) is 64.0 Å². The minimum Gasteiger partial charge on any atom is -0.465 e. The fourth-order valence-electron chi connectivity index (χ4n) is 4.20. The van der Waals surface area contributed by atoms with Crippen LogP contribution in [0.5, 0.6) is 0 Å². The molecule has 0 unspecified atom stereocenters. The van der Waals surface area contributed by atoms with Crippen LogP contribution < -0.4 is 5.32 Å². The highest BCUT2D eigenvalue weighted by atomic mass is 32.1. The topological polar surface area (TPSA) is 75.7 Å². The van der Waals surface area contributed by atoms with Gasteiger partial charge in [0.15, 0.2) is 0 Å². The number of esters is 1. The lowest BCUT2D eigenvalue weighted by atomic mass is 9.94. The number of aryl methyl sites for hydroxylation is 1. The van der Waals surface area contributed by atoms with E-state index in [1.807, 2.05) is 61.2 Å². The van der Waals surface area contributed by atoms with Gasteiger partial charge in [-0.2, -0.15) is 0 Å². The summed E-state index contributed by atoms with van der Waals surface area (Å²) in [6, 6.07) is 13.6. The maximum atomic E-state index is 13.1. The van der Waals surface area contributed by atoms with E-state index in [4.69, 9.17) is 4.74 Å².